The number of amides is 2. The SMILES string of the molecule is CCOC(=O)C1CCN(C(=O)NCOc2ccc(Cl)cc2Cl)CC1. The van der Waals surface area contributed by atoms with E-state index in [4.69, 9.17) is 32.7 Å². The lowest BCUT2D eigenvalue weighted by Gasteiger charge is -2.30. The fourth-order valence-electron chi connectivity index (χ4n) is 2.46. The molecule has 2 rings (SSSR count). The van der Waals surface area contributed by atoms with Gasteiger partial charge >= 0.3 is 12.0 Å². The summed E-state index contributed by atoms with van der Waals surface area (Å²) in [5, 5.41) is 3.57. The minimum atomic E-state index is -0.234. The van der Waals surface area contributed by atoms with Crippen LogP contribution in [0.3, 0.4) is 0 Å². The van der Waals surface area contributed by atoms with Crippen molar-refractivity contribution in [3.05, 3.63) is 28.2 Å². The second-order valence-electron chi connectivity index (χ2n) is 5.36. The number of esters is 1. The number of nitrogens with zero attached hydrogens (tertiary/aromatic N) is 1. The van der Waals surface area contributed by atoms with Crippen molar-refractivity contribution < 1.29 is 19.1 Å². The molecule has 1 saturated heterocycles. The molecule has 6 nitrogen and oxygen atoms in total. The summed E-state index contributed by atoms with van der Waals surface area (Å²) in [6.45, 7) is 3.18. The number of carbonyl (C=O) groups is 2. The number of hydrogen-bond donors (Lipinski definition) is 1. The van der Waals surface area contributed by atoms with Gasteiger partial charge in [0, 0.05) is 18.1 Å². The van der Waals surface area contributed by atoms with Crippen molar-refractivity contribution in [2.24, 2.45) is 5.92 Å². The number of piperidine rings is 1. The van der Waals surface area contributed by atoms with Crippen LogP contribution in [0.25, 0.3) is 0 Å². The van der Waals surface area contributed by atoms with E-state index in [9.17, 15) is 9.59 Å². The van der Waals surface area contributed by atoms with Gasteiger partial charge in [-0.2, -0.15) is 0 Å². The van der Waals surface area contributed by atoms with Crippen molar-refractivity contribution in [3.63, 3.8) is 0 Å². The summed E-state index contributed by atoms with van der Waals surface area (Å²) in [5.74, 6) is 0.138. The molecule has 0 radical (unpaired) electrons. The molecule has 2 amide bonds. The second-order valence-corrected chi connectivity index (χ2v) is 6.20. The molecule has 0 aromatic heterocycles. The quantitative estimate of drug-likeness (QED) is 0.633. The average molecular weight is 375 g/mol. The highest BCUT2D eigenvalue weighted by Crippen LogP contribution is 2.27. The largest absolute Gasteiger partial charge is 0.472 e. The van der Waals surface area contributed by atoms with Gasteiger partial charge in [-0.05, 0) is 38.0 Å². The van der Waals surface area contributed by atoms with Gasteiger partial charge in [-0.25, -0.2) is 4.79 Å². The molecule has 1 N–H and O–H groups in total. The van der Waals surface area contributed by atoms with Gasteiger partial charge in [0.1, 0.15) is 5.75 Å². The smallest absolute Gasteiger partial charge is 0.320 e. The van der Waals surface area contributed by atoms with E-state index in [0.717, 1.165) is 0 Å². The van der Waals surface area contributed by atoms with Crippen LogP contribution in [-0.2, 0) is 9.53 Å². The van der Waals surface area contributed by atoms with E-state index >= 15 is 0 Å². The molecule has 0 bridgehead atoms. The van der Waals surface area contributed by atoms with E-state index in [1.807, 2.05) is 0 Å². The summed E-state index contributed by atoms with van der Waals surface area (Å²) in [4.78, 5) is 25.4. The normalized spacial score (nSPS) is 15.0. The number of halogens is 2. The van der Waals surface area contributed by atoms with Crippen molar-refractivity contribution in [3.8, 4) is 5.75 Å². The maximum absolute atomic E-state index is 12.1. The summed E-state index contributed by atoms with van der Waals surface area (Å²) in [5.41, 5.74) is 0. The lowest BCUT2D eigenvalue weighted by molar-refractivity contribution is -0.149. The third-order valence-corrected chi connectivity index (χ3v) is 4.28. The van der Waals surface area contributed by atoms with Crippen molar-refractivity contribution in [1.29, 1.82) is 0 Å². The van der Waals surface area contributed by atoms with Crippen LogP contribution in [0, 0.1) is 5.92 Å². The summed E-state index contributed by atoms with van der Waals surface area (Å²) in [7, 11) is 0. The molecule has 1 fully saturated rings. The van der Waals surface area contributed by atoms with Gasteiger partial charge in [0.05, 0.1) is 17.5 Å². The van der Waals surface area contributed by atoms with Crippen LogP contribution >= 0.6 is 23.2 Å². The number of hydrogen-bond acceptors (Lipinski definition) is 4. The topological polar surface area (TPSA) is 67.9 Å². The van der Waals surface area contributed by atoms with Crippen LogP contribution in [-0.4, -0.2) is 43.3 Å². The number of urea groups is 1. The molecule has 0 unspecified atom stereocenters. The predicted octanol–water partition coefficient (Wildman–Crippen LogP) is 3.31. The molecular weight excluding hydrogens is 355 g/mol. The second kappa shape index (κ2) is 8.99. The zero-order chi connectivity index (χ0) is 17.5. The minimum Gasteiger partial charge on any atom is -0.472 e. The Kier molecular flexibility index (Phi) is 6.99. The van der Waals surface area contributed by atoms with Crippen LogP contribution in [0.4, 0.5) is 4.79 Å². The first kappa shape index (κ1) is 18.7. The summed E-state index contributed by atoms with van der Waals surface area (Å²) in [6, 6.07) is 4.63. The van der Waals surface area contributed by atoms with Crippen molar-refractivity contribution in [2.75, 3.05) is 26.4 Å². The maximum atomic E-state index is 12.1. The zero-order valence-corrected chi connectivity index (χ0v) is 14.9. The first-order valence-electron chi connectivity index (χ1n) is 7.78. The van der Waals surface area contributed by atoms with E-state index in [1.54, 1.807) is 30.0 Å². The Balaban J connectivity index is 1.73. The molecular formula is C16H20Cl2N2O4. The Bertz CT molecular complexity index is 589. The van der Waals surface area contributed by atoms with Crippen molar-refractivity contribution >= 4 is 35.2 Å². The Morgan fingerprint density at radius 2 is 2.00 bits per heavy atom. The average Bonchev–Trinajstić information content (AvgIpc) is 2.57. The third kappa shape index (κ3) is 5.18. The van der Waals surface area contributed by atoms with Crippen molar-refractivity contribution in [2.45, 2.75) is 19.8 Å². The van der Waals surface area contributed by atoms with Gasteiger partial charge in [0.25, 0.3) is 0 Å². The van der Waals surface area contributed by atoms with E-state index in [-0.39, 0.29) is 24.6 Å². The molecule has 1 aliphatic heterocycles. The first-order chi connectivity index (χ1) is 11.5. The van der Waals surface area contributed by atoms with E-state index in [2.05, 4.69) is 5.32 Å². The number of nitrogens with one attached hydrogen (secondary N) is 1. The van der Waals surface area contributed by atoms with Gasteiger partial charge in [-0.3, -0.25) is 4.79 Å². The lowest BCUT2D eigenvalue weighted by Crippen LogP contribution is -2.46. The molecule has 1 heterocycles. The highest BCUT2D eigenvalue weighted by atomic mass is 35.5. The molecule has 1 aromatic rings. The number of carbonyl (C=O) groups excluding carboxylic acids is 2. The fraction of sp³-hybridized carbons (Fsp3) is 0.500. The Morgan fingerprint density at radius 3 is 2.62 bits per heavy atom. The monoisotopic (exact) mass is 374 g/mol. The molecule has 1 aromatic carbocycles. The van der Waals surface area contributed by atoms with Gasteiger partial charge in [0.15, 0.2) is 6.73 Å². The minimum absolute atomic E-state index is 0.00199. The zero-order valence-electron chi connectivity index (χ0n) is 13.4. The summed E-state index contributed by atoms with van der Waals surface area (Å²) in [6.07, 6.45) is 1.21. The molecule has 0 aliphatic carbocycles. The Morgan fingerprint density at radius 1 is 1.29 bits per heavy atom. The highest BCUT2D eigenvalue weighted by Gasteiger charge is 2.28. The number of likely N-dealkylation sites (tertiary alicyclic amines) is 1. The number of rotatable bonds is 5. The number of benzene rings is 1. The van der Waals surface area contributed by atoms with Crippen LogP contribution in [0.2, 0.25) is 10.0 Å². The Hall–Kier alpha value is -1.66. The van der Waals surface area contributed by atoms with Gasteiger partial charge in [-0.1, -0.05) is 23.2 Å². The van der Waals surface area contributed by atoms with Crippen LogP contribution in [0.15, 0.2) is 18.2 Å². The van der Waals surface area contributed by atoms with E-state index in [1.165, 1.54) is 0 Å². The number of ether oxygens (including phenoxy) is 2. The molecule has 0 saturated carbocycles. The lowest BCUT2D eigenvalue weighted by atomic mass is 9.97. The Labute approximate surface area is 151 Å². The van der Waals surface area contributed by atoms with Crippen molar-refractivity contribution in [1.82, 2.24) is 10.2 Å². The van der Waals surface area contributed by atoms with Crippen LogP contribution in [0.1, 0.15) is 19.8 Å². The maximum Gasteiger partial charge on any atom is 0.320 e. The van der Waals surface area contributed by atoms with E-state index in [0.29, 0.717) is 48.3 Å². The molecule has 1 aliphatic rings. The van der Waals surface area contributed by atoms with Crippen LogP contribution < -0.4 is 10.1 Å². The van der Waals surface area contributed by atoms with Gasteiger partial charge in [-0.15, -0.1) is 0 Å². The van der Waals surface area contributed by atoms with E-state index < -0.39 is 0 Å². The fourth-order valence-corrected chi connectivity index (χ4v) is 2.92. The third-order valence-electron chi connectivity index (χ3n) is 3.75. The standard InChI is InChI=1S/C16H20Cl2N2O4/c1-2-23-15(21)11-5-7-20(8-6-11)16(22)19-10-24-14-4-3-12(17)9-13(14)18/h3-4,9,11H,2,5-8,10H2,1H3,(H,19,22). The molecule has 132 valence electrons. The van der Waals surface area contributed by atoms with Crippen LogP contribution in [0.5, 0.6) is 5.75 Å². The molecule has 24 heavy (non-hydrogen) atoms. The highest BCUT2D eigenvalue weighted by molar-refractivity contribution is 6.35. The van der Waals surface area contributed by atoms with Gasteiger partial charge < -0.3 is 19.7 Å². The molecule has 0 spiro atoms. The van der Waals surface area contributed by atoms with Gasteiger partial charge in [0.2, 0.25) is 0 Å². The first-order valence-corrected chi connectivity index (χ1v) is 8.54. The molecule has 8 heteroatoms. The summed E-state index contributed by atoms with van der Waals surface area (Å²) >= 11 is 11.8. The molecule has 0 atom stereocenters. The summed E-state index contributed by atoms with van der Waals surface area (Å²) < 4.78 is 10.4. The predicted molar refractivity (Wildman–Crippen MR) is 91.4 cm³/mol.